The summed E-state index contributed by atoms with van der Waals surface area (Å²) in [4.78, 5) is 39.2. The predicted molar refractivity (Wildman–Crippen MR) is 158 cm³/mol. The van der Waals surface area contributed by atoms with E-state index in [1.54, 1.807) is 29.2 Å². The van der Waals surface area contributed by atoms with Crippen LogP contribution in [0.15, 0.2) is 35.2 Å². The molecule has 1 atom stereocenters. The lowest BCUT2D eigenvalue weighted by molar-refractivity contribution is -0.122. The van der Waals surface area contributed by atoms with Crippen LogP contribution in [-0.4, -0.2) is 68.5 Å². The van der Waals surface area contributed by atoms with Crippen molar-refractivity contribution >= 4 is 49.9 Å². The molecule has 2 N–H and O–H groups in total. The van der Waals surface area contributed by atoms with Gasteiger partial charge in [-0.25, -0.2) is 23.1 Å². The Kier molecular flexibility index (Phi) is 8.15. The summed E-state index contributed by atoms with van der Waals surface area (Å²) in [5.74, 6) is 1.03. The van der Waals surface area contributed by atoms with E-state index >= 15 is 0 Å². The summed E-state index contributed by atoms with van der Waals surface area (Å²) in [6.45, 7) is 6.53. The fraction of sp³-hybridized carbons (Fsp3) is 0.429. The SMILES string of the molecule is CCN(C(=O)COC)c1cccc(Nc2nc(C)c(-c3cc4c(c(S(=O)(=O)NC)c3)C(=O)N([C@@H](C)C3CC3)C4)s2)n1. The lowest BCUT2D eigenvalue weighted by Crippen LogP contribution is -2.35. The van der Waals surface area contributed by atoms with Crippen molar-refractivity contribution in [3.05, 3.63) is 47.2 Å². The highest BCUT2D eigenvalue weighted by molar-refractivity contribution is 7.89. The number of nitrogens with one attached hydrogen (secondary N) is 2. The number of hydrogen-bond donors (Lipinski definition) is 2. The van der Waals surface area contributed by atoms with Crippen LogP contribution in [0.3, 0.4) is 0 Å². The van der Waals surface area contributed by atoms with Gasteiger partial charge in [0.25, 0.3) is 11.8 Å². The number of thiazole rings is 1. The third kappa shape index (κ3) is 5.71. The maximum atomic E-state index is 13.4. The first-order valence-corrected chi connectivity index (χ1v) is 15.8. The van der Waals surface area contributed by atoms with Crippen LogP contribution in [-0.2, 0) is 26.1 Å². The Labute approximate surface area is 244 Å². The maximum Gasteiger partial charge on any atom is 0.256 e. The molecule has 3 heterocycles. The molecule has 2 amide bonds. The summed E-state index contributed by atoms with van der Waals surface area (Å²) in [6.07, 6.45) is 2.17. The number of methoxy groups -OCH3 is 1. The number of benzene rings is 1. The number of anilines is 3. The lowest BCUT2D eigenvalue weighted by Gasteiger charge is -2.24. The number of likely N-dealkylation sites (N-methyl/N-ethyl adjacent to an activating group) is 1. The highest BCUT2D eigenvalue weighted by Crippen LogP contribution is 2.42. The second-order valence-corrected chi connectivity index (χ2v) is 13.1. The van der Waals surface area contributed by atoms with Gasteiger partial charge in [0.2, 0.25) is 10.0 Å². The number of carbonyl (C=O) groups is 2. The summed E-state index contributed by atoms with van der Waals surface area (Å²) in [7, 11) is -1.08. The number of fused-ring (bicyclic) bond motifs is 1. The summed E-state index contributed by atoms with van der Waals surface area (Å²) in [5.41, 5.74) is 2.34. The van der Waals surface area contributed by atoms with E-state index in [1.807, 2.05) is 26.8 Å². The topological polar surface area (TPSA) is 134 Å². The largest absolute Gasteiger partial charge is 0.375 e. The molecule has 1 aromatic carbocycles. The molecule has 1 aliphatic heterocycles. The van der Waals surface area contributed by atoms with Gasteiger partial charge in [0.05, 0.1) is 21.0 Å². The molecule has 0 unspecified atom stereocenters. The van der Waals surface area contributed by atoms with Crippen molar-refractivity contribution in [3.8, 4) is 10.4 Å². The first kappa shape index (κ1) is 29.1. The number of carbonyl (C=O) groups excluding carboxylic acids is 2. The Bertz CT molecular complexity index is 1600. The summed E-state index contributed by atoms with van der Waals surface area (Å²) >= 11 is 1.36. The summed E-state index contributed by atoms with van der Waals surface area (Å²) in [6, 6.07) is 8.87. The second-order valence-electron chi connectivity index (χ2n) is 10.2. The third-order valence-corrected chi connectivity index (χ3v) is 10.1. The van der Waals surface area contributed by atoms with Crippen molar-refractivity contribution in [1.82, 2.24) is 19.6 Å². The molecule has 0 spiro atoms. The molecular formula is C28H34N6O5S2. The van der Waals surface area contributed by atoms with Crippen molar-refractivity contribution in [2.45, 2.75) is 51.1 Å². The van der Waals surface area contributed by atoms with Crippen LogP contribution < -0.4 is 14.9 Å². The number of ether oxygens (including phenoxy) is 1. The average Bonchev–Trinajstić information content (AvgIpc) is 3.66. The quantitative estimate of drug-likeness (QED) is 0.339. The van der Waals surface area contributed by atoms with Gasteiger partial charge in [-0.05, 0) is 82.0 Å². The highest BCUT2D eigenvalue weighted by atomic mass is 32.2. The molecule has 1 fully saturated rings. The minimum absolute atomic E-state index is 0.0138. The van der Waals surface area contributed by atoms with Gasteiger partial charge in [-0.3, -0.25) is 14.5 Å². The van der Waals surface area contributed by atoms with Crippen LogP contribution in [0.2, 0.25) is 0 Å². The van der Waals surface area contributed by atoms with Crippen molar-refractivity contribution in [1.29, 1.82) is 0 Å². The summed E-state index contributed by atoms with van der Waals surface area (Å²) < 4.78 is 33.6. The fourth-order valence-corrected chi connectivity index (χ4v) is 7.14. The molecule has 1 saturated carbocycles. The smallest absolute Gasteiger partial charge is 0.256 e. The molecule has 11 nitrogen and oxygen atoms in total. The van der Waals surface area contributed by atoms with Crippen LogP contribution in [0.25, 0.3) is 10.4 Å². The van der Waals surface area contributed by atoms with Gasteiger partial charge in [-0.15, -0.1) is 0 Å². The standard InChI is InChI=1S/C28H34N6O5S2/c1-6-33(24(35)15-39-5)23-9-7-8-22(31-23)32-28-30-16(2)26(40-28)19-12-20-14-34(17(3)18-10-11-18)27(36)25(20)21(13-19)41(37,38)29-4/h7-9,12-13,17-18,29H,6,10-11,14-15H2,1-5H3,(H,30,31,32)/t17-/m0/s1. The van der Waals surface area contributed by atoms with E-state index in [2.05, 4.69) is 20.0 Å². The Morgan fingerprint density at radius 2 is 2.02 bits per heavy atom. The first-order valence-electron chi connectivity index (χ1n) is 13.5. The lowest BCUT2D eigenvalue weighted by atomic mass is 10.0. The monoisotopic (exact) mass is 598 g/mol. The maximum absolute atomic E-state index is 13.4. The Balaban J connectivity index is 1.47. The van der Waals surface area contributed by atoms with Gasteiger partial charge < -0.3 is 15.0 Å². The Morgan fingerprint density at radius 1 is 1.27 bits per heavy atom. The normalized spacial score (nSPS) is 15.6. The molecule has 13 heteroatoms. The van der Waals surface area contributed by atoms with Crippen molar-refractivity contribution in [2.75, 3.05) is 37.5 Å². The highest BCUT2D eigenvalue weighted by Gasteiger charge is 2.41. The van der Waals surface area contributed by atoms with E-state index in [9.17, 15) is 18.0 Å². The van der Waals surface area contributed by atoms with E-state index in [0.29, 0.717) is 52.6 Å². The molecule has 218 valence electrons. The molecular weight excluding hydrogens is 564 g/mol. The molecule has 1 aliphatic carbocycles. The van der Waals surface area contributed by atoms with Gasteiger partial charge >= 0.3 is 0 Å². The zero-order valence-electron chi connectivity index (χ0n) is 23.7. The molecule has 41 heavy (non-hydrogen) atoms. The van der Waals surface area contributed by atoms with Crippen molar-refractivity contribution < 1.29 is 22.7 Å². The summed E-state index contributed by atoms with van der Waals surface area (Å²) in [5, 5.41) is 3.78. The van der Waals surface area contributed by atoms with E-state index in [-0.39, 0.29) is 34.9 Å². The zero-order chi connectivity index (χ0) is 29.5. The van der Waals surface area contributed by atoms with Gasteiger partial charge in [0, 0.05) is 26.2 Å². The fourth-order valence-electron chi connectivity index (χ4n) is 5.19. The molecule has 5 rings (SSSR count). The van der Waals surface area contributed by atoms with Crippen LogP contribution in [0.1, 0.15) is 48.3 Å². The molecule has 0 bridgehead atoms. The number of sulfonamides is 1. The number of rotatable bonds is 11. The molecule has 2 aromatic heterocycles. The third-order valence-electron chi connectivity index (χ3n) is 7.54. The molecule has 2 aliphatic rings. The number of aryl methyl sites for hydroxylation is 1. The number of nitrogens with zero attached hydrogens (tertiary/aromatic N) is 4. The molecule has 3 aromatic rings. The minimum atomic E-state index is -3.90. The van der Waals surface area contributed by atoms with Crippen LogP contribution >= 0.6 is 11.3 Å². The van der Waals surface area contributed by atoms with Crippen molar-refractivity contribution in [3.63, 3.8) is 0 Å². The zero-order valence-corrected chi connectivity index (χ0v) is 25.4. The van der Waals surface area contributed by atoms with Crippen LogP contribution in [0, 0.1) is 12.8 Å². The van der Waals surface area contributed by atoms with E-state index in [1.165, 1.54) is 30.4 Å². The predicted octanol–water partition coefficient (Wildman–Crippen LogP) is 3.92. The molecule has 0 saturated heterocycles. The molecule has 0 radical (unpaired) electrons. The van der Waals surface area contributed by atoms with Crippen LogP contribution in [0.5, 0.6) is 0 Å². The van der Waals surface area contributed by atoms with E-state index in [4.69, 9.17) is 4.74 Å². The van der Waals surface area contributed by atoms with Crippen molar-refractivity contribution in [2.24, 2.45) is 5.92 Å². The Hall–Kier alpha value is -3.39. The number of aromatic nitrogens is 2. The minimum Gasteiger partial charge on any atom is -0.375 e. The first-order chi connectivity index (χ1) is 19.6. The van der Waals surface area contributed by atoms with E-state index < -0.39 is 10.0 Å². The number of hydrogen-bond acceptors (Lipinski definition) is 9. The van der Waals surface area contributed by atoms with Gasteiger partial charge in [0.1, 0.15) is 18.2 Å². The van der Waals surface area contributed by atoms with Gasteiger partial charge in [-0.2, -0.15) is 0 Å². The second kappa shape index (κ2) is 11.5. The van der Waals surface area contributed by atoms with Gasteiger partial charge in [-0.1, -0.05) is 17.4 Å². The number of pyridine rings is 1. The van der Waals surface area contributed by atoms with Gasteiger partial charge in [0.15, 0.2) is 5.13 Å². The van der Waals surface area contributed by atoms with E-state index in [0.717, 1.165) is 17.7 Å². The number of amides is 2. The Morgan fingerprint density at radius 3 is 2.68 bits per heavy atom. The van der Waals surface area contributed by atoms with Crippen LogP contribution in [0.4, 0.5) is 16.8 Å². The average molecular weight is 599 g/mol.